The highest BCUT2D eigenvalue weighted by molar-refractivity contribution is 5.55. The lowest BCUT2D eigenvalue weighted by molar-refractivity contribution is 0.0468. The molecule has 1 aromatic heterocycles. The summed E-state index contributed by atoms with van der Waals surface area (Å²) in [5.41, 5.74) is 3.26. The van der Waals surface area contributed by atoms with Crippen molar-refractivity contribution in [3.63, 3.8) is 0 Å². The summed E-state index contributed by atoms with van der Waals surface area (Å²) >= 11 is 0. The Bertz CT molecular complexity index is 765. The van der Waals surface area contributed by atoms with Gasteiger partial charge in [0.1, 0.15) is 0 Å². The van der Waals surface area contributed by atoms with E-state index in [1.54, 1.807) is 0 Å². The summed E-state index contributed by atoms with van der Waals surface area (Å²) in [5.74, 6) is 0.847. The van der Waals surface area contributed by atoms with Crippen LogP contribution in [0.3, 0.4) is 0 Å². The molecule has 4 nitrogen and oxygen atoms in total. The molecule has 1 N–H and O–H groups in total. The first-order chi connectivity index (χ1) is 12.5. The molecule has 1 aliphatic heterocycles. The highest BCUT2D eigenvalue weighted by Crippen LogP contribution is 2.44. The molecule has 0 amide bonds. The number of hydrogen-bond acceptors (Lipinski definition) is 4. The minimum Gasteiger partial charge on any atom is -0.390 e. The lowest BCUT2D eigenvalue weighted by Gasteiger charge is -2.41. The summed E-state index contributed by atoms with van der Waals surface area (Å²) in [6, 6.07) is 10.3. The SMILES string of the molecule is CC(C)(O)CCN1CCCC2(CCc3cnc(-c4ccccc4)nc32)C1. The molecule has 0 radical (unpaired) electrons. The molecule has 4 heteroatoms. The van der Waals surface area contributed by atoms with Crippen molar-refractivity contribution >= 4 is 0 Å². The van der Waals surface area contributed by atoms with Crippen LogP contribution >= 0.6 is 0 Å². The average Bonchev–Trinajstić information content (AvgIpc) is 2.98. The van der Waals surface area contributed by atoms with Crippen LogP contribution in [0.15, 0.2) is 36.5 Å². The zero-order chi connectivity index (χ0) is 18.2. The molecule has 138 valence electrons. The van der Waals surface area contributed by atoms with Gasteiger partial charge in [0.05, 0.1) is 11.3 Å². The van der Waals surface area contributed by atoms with E-state index in [2.05, 4.69) is 28.2 Å². The number of benzene rings is 1. The number of likely N-dealkylation sites (tertiary alicyclic amines) is 1. The quantitative estimate of drug-likeness (QED) is 0.915. The summed E-state index contributed by atoms with van der Waals surface area (Å²) in [5, 5.41) is 10.1. The Morgan fingerprint density at radius 2 is 2.00 bits per heavy atom. The molecule has 2 heterocycles. The number of aromatic nitrogens is 2. The first-order valence-corrected chi connectivity index (χ1v) is 9.82. The second-order valence-corrected chi connectivity index (χ2v) is 8.66. The third-order valence-electron chi connectivity index (χ3n) is 5.97. The van der Waals surface area contributed by atoms with Crippen molar-refractivity contribution in [2.24, 2.45) is 0 Å². The van der Waals surface area contributed by atoms with E-state index in [0.29, 0.717) is 0 Å². The van der Waals surface area contributed by atoms with Crippen LogP contribution in [-0.4, -0.2) is 45.2 Å². The van der Waals surface area contributed by atoms with E-state index in [1.807, 2.05) is 32.0 Å². The molecular formula is C22H29N3O. The molecule has 1 saturated heterocycles. The van der Waals surface area contributed by atoms with Crippen LogP contribution in [0.1, 0.15) is 50.8 Å². The smallest absolute Gasteiger partial charge is 0.159 e. The van der Waals surface area contributed by atoms with Crippen LogP contribution in [0.25, 0.3) is 11.4 Å². The fraction of sp³-hybridized carbons (Fsp3) is 0.545. The Kier molecular flexibility index (Phi) is 4.57. The maximum absolute atomic E-state index is 10.1. The molecule has 1 aromatic carbocycles. The van der Waals surface area contributed by atoms with E-state index in [9.17, 15) is 5.11 Å². The summed E-state index contributed by atoms with van der Waals surface area (Å²) in [6.45, 7) is 6.94. The topological polar surface area (TPSA) is 49.2 Å². The van der Waals surface area contributed by atoms with Gasteiger partial charge in [0.25, 0.3) is 0 Å². The first-order valence-electron chi connectivity index (χ1n) is 9.82. The number of piperidine rings is 1. The Morgan fingerprint density at radius 1 is 1.19 bits per heavy atom. The predicted octanol–water partition coefficient (Wildman–Crippen LogP) is 3.58. The predicted molar refractivity (Wildman–Crippen MR) is 104 cm³/mol. The normalized spacial score (nSPS) is 23.3. The summed E-state index contributed by atoms with van der Waals surface area (Å²) in [7, 11) is 0. The van der Waals surface area contributed by atoms with Gasteiger partial charge in [-0.3, -0.25) is 0 Å². The van der Waals surface area contributed by atoms with Crippen LogP contribution in [0.4, 0.5) is 0 Å². The van der Waals surface area contributed by atoms with Crippen molar-refractivity contribution in [3.8, 4) is 11.4 Å². The van der Waals surface area contributed by atoms with Gasteiger partial charge >= 0.3 is 0 Å². The molecule has 1 atom stereocenters. The van der Waals surface area contributed by atoms with Crippen molar-refractivity contribution in [3.05, 3.63) is 47.8 Å². The van der Waals surface area contributed by atoms with E-state index < -0.39 is 5.60 Å². The largest absolute Gasteiger partial charge is 0.390 e. The van der Waals surface area contributed by atoms with Crippen molar-refractivity contribution in [2.75, 3.05) is 19.6 Å². The Hall–Kier alpha value is -1.78. The summed E-state index contributed by atoms with van der Waals surface area (Å²) < 4.78 is 0. The molecule has 2 aliphatic rings. The second-order valence-electron chi connectivity index (χ2n) is 8.66. The standard InChI is InChI=1S/C22H29N3O/c1-21(2,26)12-14-25-13-6-10-22(16-25)11-9-18-15-23-20(24-19(18)22)17-7-4-3-5-8-17/h3-5,7-8,15,26H,6,9-14,16H2,1-2H3. The van der Waals surface area contributed by atoms with Crippen molar-refractivity contribution in [2.45, 2.75) is 57.0 Å². The second kappa shape index (κ2) is 6.75. The molecule has 1 aliphatic carbocycles. The molecule has 0 saturated carbocycles. The van der Waals surface area contributed by atoms with Crippen LogP contribution in [0.2, 0.25) is 0 Å². The van der Waals surface area contributed by atoms with E-state index in [4.69, 9.17) is 4.98 Å². The number of aryl methyl sites for hydroxylation is 1. The molecule has 1 spiro atoms. The summed E-state index contributed by atoms with van der Waals surface area (Å²) in [6.07, 6.45) is 7.54. The Balaban J connectivity index is 1.59. The number of aliphatic hydroxyl groups is 1. The molecular weight excluding hydrogens is 322 g/mol. The minimum atomic E-state index is -0.596. The lowest BCUT2D eigenvalue weighted by Crippen LogP contribution is -2.46. The van der Waals surface area contributed by atoms with Gasteiger partial charge in [-0.2, -0.15) is 0 Å². The number of hydrogen-bond donors (Lipinski definition) is 1. The van der Waals surface area contributed by atoms with E-state index in [0.717, 1.165) is 43.9 Å². The third-order valence-corrected chi connectivity index (χ3v) is 5.97. The third kappa shape index (κ3) is 3.53. The highest BCUT2D eigenvalue weighted by atomic mass is 16.3. The van der Waals surface area contributed by atoms with Crippen LogP contribution in [0, 0.1) is 0 Å². The van der Waals surface area contributed by atoms with Gasteiger partial charge in [-0.05, 0) is 58.1 Å². The monoisotopic (exact) mass is 351 g/mol. The molecule has 0 bridgehead atoms. The molecule has 1 unspecified atom stereocenters. The fourth-order valence-corrected chi connectivity index (χ4v) is 4.51. The average molecular weight is 351 g/mol. The molecule has 26 heavy (non-hydrogen) atoms. The zero-order valence-electron chi connectivity index (χ0n) is 15.9. The highest BCUT2D eigenvalue weighted by Gasteiger charge is 2.43. The van der Waals surface area contributed by atoms with Gasteiger partial charge < -0.3 is 10.0 Å². The van der Waals surface area contributed by atoms with Gasteiger partial charge in [0.2, 0.25) is 0 Å². The minimum absolute atomic E-state index is 0.166. The van der Waals surface area contributed by atoms with E-state index >= 15 is 0 Å². The summed E-state index contributed by atoms with van der Waals surface area (Å²) in [4.78, 5) is 12.2. The van der Waals surface area contributed by atoms with E-state index in [1.165, 1.54) is 30.5 Å². The zero-order valence-corrected chi connectivity index (χ0v) is 15.9. The maximum Gasteiger partial charge on any atom is 0.159 e. The number of fused-ring (bicyclic) bond motifs is 2. The Labute approximate surface area is 156 Å². The maximum atomic E-state index is 10.1. The molecule has 1 fully saturated rings. The molecule has 4 rings (SSSR count). The fourth-order valence-electron chi connectivity index (χ4n) is 4.51. The number of rotatable bonds is 4. The first kappa shape index (κ1) is 17.6. The van der Waals surface area contributed by atoms with Gasteiger partial charge in [0.15, 0.2) is 5.82 Å². The van der Waals surface area contributed by atoms with Gasteiger partial charge in [0, 0.05) is 30.3 Å². The molecule has 2 aromatic rings. The lowest BCUT2D eigenvalue weighted by atomic mass is 9.77. The van der Waals surface area contributed by atoms with Crippen LogP contribution in [0.5, 0.6) is 0 Å². The van der Waals surface area contributed by atoms with Crippen molar-refractivity contribution in [1.82, 2.24) is 14.9 Å². The van der Waals surface area contributed by atoms with Crippen LogP contribution < -0.4 is 0 Å². The van der Waals surface area contributed by atoms with Gasteiger partial charge in [-0.15, -0.1) is 0 Å². The van der Waals surface area contributed by atoms with Crippen molar-refractivity contribution in [1.29, 1.82) is 0 Å². The van der Waals surface area contributed by atoms with Crippen molar-refractivity contribution < 1.29 is 5.11 Å². The van der Waals surface area contributed by atoms with Gasteiger partial charge in [-0.1, -0.05) is 30.3 Å². The Morgan fingerprint density at radius 3 is 2.77 bits per heavy atom. The van der Waals surface area contributed by atoms with E-state index in [-0.39, 0.29) is 5.41 Å². The van der Waals surface area contributed by atoms with Gasteiger partial charge in [-0.25, -0.2) is 9.97 Å². The van der Waals surface area contributed by atoms with Crippen LogP contribution in [-0.2, 0) is 11.8 Å². The number of nitrogens with zero attached hydrogens (tertiary/aromatic N) is 3.